The van der Waals surface area contributed by atoms with Crippen LogP contribution in [0.1, 0.15) is 187 Å². The van der Waals surface area contributed by atoms with Crippen molar-refractivity contribution in [3.63, 3.8) is 0 Å². The van der Waals surface area contributed by atoms with Crippen molar-refractivity contribution in [1.29, 1.82) is 0 Å². The Hall–Kier alpha value is -2.88. The zero-order valence-electron chi connectivity index (χ0n) is 32.4. The van der Waals surface area contributed by atoms with Crippen LogP contribution in [0.25, 0.3) is 0 Å². The molecule has 1 atom stereocenters. The molecule has 0 heterocycles. The van der Waals surface area contributed by atoms with Crippen LogP contribution in [-0.2, 0) is 14.3 Å². The van der Waals surface area contributed by atoms with Crippen molar-refractivity contribution < 1.29 is 19.4 Å². The fourth-order valence-corrected chi connectivity index (χ4v) is 5.59. The van der Waals surface area contributed by atoms with Gasteiger partial charge in [0.2, 0.25) is 0 Å². The summed E-state index contributed by atoms with van der Waals surface area (Å²) in [5.74, 6) is -0.768. The number of carboxylic acid groups (broad SMARTS) is 1. The number of rotatable bonds is 36. The SMILES string of the molecule is CC/C=C\C/C=C\C/C=C\C/C=C\CCC(CCCCCCCC(=O)O)OC(=O)CCCCCCCC/C=C\C/C=C\C/C=C\CCCCC. The lowest BCUT2D eigenvalue weighted by Gasteiger charge is -2.17. The summed E-state index contributed by atoms with van der Waals surface area (Å²) >= 11 is 0. The van der Waals surface area contributed by atoms with Crippen LogP contribution in [0, 0.1) is 0 Å². The van der Waals surface area contributed by atoms with E-state index < -0.39 is 5.97 Å². The highest BCUT2D eigenvalue weighted by atomic mass is 16.5. The molecule has 4 heteroatoms. The molecule has 0 aliphatic heterocycles. The lowest BCUT2D eigenvalue weighted by Crippen LogP contribution is -2.18. The van der Waals surface area contributed by atoms with E-state index in [4.69, 9.17) is 9.84 Å². The number of allylic oxidation sites excluding steroid dienone is 14. The van der Waals surface area contributed by atoms with Gasteiger partial charge in [-0.3, -0.25) is 9.59 Å². The monoisotopic (exact) mass is 693 g/mol. The van der Waals surface area contributed by atoms with Crippen LogP contribution in [0.2, 0.25) is 0 Å². The summed E-state index contributed by atoms with van der Waals surface area (Å²) in [6.07, 6.45) is 58.8. The molecule has 284 valence electrons. The molecule has 0 radical (unpaired) electrons. The Bertz CT molecular complexity index is 965. The molecular formula is C46H76O4. The number of esters is 1. The smallest absolute Gasteiger partial charge is 0.306 e. The zero-order valence-corrected chi connectivity index (χ0v) is 32.4. The van der Waals surface area contributed by atoms with Gasteiger partial charge in [-0.15, -0.1) is 0 Å². The molecule has 0 aromatic rings. The molecule has 0 aromatic carbocycles. The number of aliphatic carboxylic acids is 1. The average molecular weight is 693 g/mol. The van der Waals surface area contributed by atoms with Gasteiger partial charge in [0, 0.05) is 12.8 Å². The van der Waals surface area contributed by atoms with Crippen LogP contribution in [-0.4, -0.2) is 23.1 Å². The van der Waals surface area contributed by atoms with Gasteiger partial charge in [0.1, 0.15) is 6.10 Å². The molecule has 0 fully saturated rings. The minimum atomic E-state index is -0.716. The molecule has 0 aliphatic rings. The highest BCUT2D eigenvalue weighted by Gasteiger charge is 2.13. The van der Waals surface area contributed by atoms with Crippen molar-refractivity contribution in [3.8, 4) is 0 Å². The van der Waals surface area contributed by atoms with E-state index in [9.17, 15) is 9.59 Å². The molecule has 0 bridgehead atoms. The molecule has 0 amide bonds. The summed E-state index contributed by atoms with van der Waals surface area (Å²) in [7, 11) is 0. The second kappa shape index (κ2) is 40.5. The molecule has 1 unspecified atom stereocenters. The van der Waals surface area contributed by atoms with Crippen LogP contribution in [0.5, 0.6) is 0 Å². The minimum absolute atomic E-state index is 0.0330. The number of carbonyl (C=O) groups is 2. The minimum Gasteiger partial charge on any atom is -0.481 e. The number of hydrogen-bond acceptors (Lipinski definition) is 3. The van der Waals surface area contributed by atoms with Gasteiger partial charge in [-0.2, -0.15) is 0 Å². The molecule has 0 spiro atoms. The summed E-state index contributed by atoms with van der Waals surface area (Å²) in [5, 5.41) is 8.82. The van der Waals surface area contributed by atoms with E-state index in [0.717, 1.165) is 109 Å². The van der Waals surface area contributed by atoms with E-state index in [1.807, 2.05) is 0 Å². The molecule has 50 heavy (non-hydrogen) atoms. The van der Waals surface area contributed by atoms with Crippen molar-refractivity contribution in [1.82, 2.24) is 0 Å². The van der Waals surface area contributed by atoms with Gasteiger partial charge in [-0.1, -0.05) is 157 Å². The van der Waals surface area contributed by atoms with Crippen LogP contribution in [0.4, 0.5) is 0 Å². The topological polar surface area (TPSA) is 63.6 Å². The Kier molecular flexibility index (Phi) is 38.2. The molecule has 0 saturated heterocycles. The zero-order chi connectivity index (χ0) is 36.4. The third kappa shape index (κ3) is 39.6. The number of carbonyl (C=O) groups excluding carboxylic acids is 1. The summed E-state index contributed by atoms with van der Waals surface area (Å²) < 4.78 is 5.96. The second-order valence-electron chi connectivity index (χ2n) is 13.4. The van der Waals surface area contributed by atoms with E-state index in [1.54, 1.807) is 0 Å². The lowest BCUT2D eigenvalue weighted by molar-refractivity contribution is -0.150. The number of carboxylic acids is 1. The maximum absolute atomic E-state index is 12.7. The van der Waals surface area contributed by atoms with Crippen molar-refractivity contribution in [3.05, 3.63) is 85.1 Å². The molecule has 0 rings (SSSR count). The predicted molar refractivity (Wildman–Crippen MR) is 218 cm³/mol. The fraction of sp³-hybridized carbons (Fsp3) is 0.652. The van der Waals surface area contributed by atoms with E-state index in [-0.39, 0.29) is 18.5 Å². The van der Waals surface area contributed by atoms with Gasteiger partial charge in [-0.25, -0.2) is 0 Å². The largest absolute Gasteiger partial charge is 0.481 e. The first kappa shape index (κ1) is 47.1. The van der Waals surface area contributed by atoms with E-state index in [0.29, 0.717) is 6.42 Å². The third-order valence-electron chi connectivity index (χ3n) is 8.61. The van der Waals surface area contributed by atoms with Crippen molar-refractivity contribution in [2.45, 2.75) is 193 Å². The van der Waals surface area contributed by atoms with Crippen LogP contribution in [0.15, 0.2) is 85.1 Å². The molecule has 0 saturated carbocycles. The molecule has 4 nitrogen and oxygen atoms in total. The third-order valence-corrected chi connectivity index (χ3v) is 8.61. The Morgan fingerprint density at radius 2 is 0.880 bits per heavy atom. The maximum atomic E-state index is 12.7. The first-order valence-electron chi connectivity index (χ1n) is 20.6. The van der Waals surface area contributed by atoms with Crippen LogP contribution < -0.4 is 0 Å². The molecule has 0 aromatic heterocycles. The first-order chi connectivity index (χ1) is 24.6. The second-order valence-corrected chi connectivity index (χ2v) is 13.4. The Balaban J connectivity index is 4.17. The van der Waals surface area contributed by atoms with Crippen molar-refractivity contribution in [2.75, 3.05) is 0 Å². The van der Waals surface area contributed by atoms with E-state index >= 15 is 0 Å². The lowest BCUT2D eigenvalue weighted by atomic mass is 10.0. The Morgan fingerprint density at radius 3 is 1.40 bits per heavy atom. The van der Waals surface area contributed by atoms with Crippen molar-refractivity contribution >= 4 is 11.9 Å². The summed E-state index contributed by atoms with van der Waals surface area (Å²) in [6, 6.07) is 0. The quantitative estimate of drug-likeness (QED) is 0.0403. The fourth-order valence-electron chi connectivity index (χ4n) is 5.59. The highest BCUT2D eigenvalue weighted by Crippen LogP contribution is 2.17. The average Bonchev–Trinajstić information content (AvgIpc) is 3.10. The van der Waals surface area contributed by atoms with Gasteiger partial charge in [0.25, 0.3) is 0 Å². The summed E-state index contributed by atoms with van der Waals surface area (Å²) in [5.41, 5.74) is 0. The van der Waals surface area contributed by atoms with Crippen molar-refractivity contribution in [2.24, 2.45) is 0 Å². The highest BCUT2D eigenvalue weighted by molar-refractivity contribution is 5.69. The van der Waals surface area contributed by atoms with Gasteiger partial charge in [0.05, 0.1) is 0 Å². The molecule has 1 N–H and O–H groups in total. The summed E-state index contributed by atoms with van der Waals surface area (Å²) in [4.78, 5) is 23.4. The van der Waals surface area contributed by atoms with Gasteiger partial charge in [0.15, 0.2) is 0 Å². The standard InChI is InChI=1S/C46H76O4/c1-3-5-7-9-11-13-15-17-18-19-20-21-22-24-26-28-30-35-39-43-46(49)50-44(41-37-33-31-34-38-42-45(47)48)40-36-32-29-27-25-23-16-14-12-10-8-6-4-2/h6,8,11-14,17-18,20-21,23,25,29,32,44H,3-5,7,9-10,15-16,19,22,24,26-28,30-31,33-43H2,1-2H3,(H,47,48)/b8-6-,13-11-,14-12-,18-17-,21-20-,25-23-,32-29-. The number of unbranched alkanes of at least 4 members (excludes halogenated alkanes) is 13. The van der Waals surface area contributed by atoms with Gasteiger partial charge >= 0.3 is 11.9 Å². The summed E-state index contributed by atoms with van der Waals surface area (Å²) in [6.45, 7) is 4.40. The maximum Gasteiger partial charge on any atom is 0.306 e. The number of ether oxygens (including phenoxy) is 1. The van der Waals surface area contributed by atoms with Crippen LogP contribution >= 0.6 is 0 Å². The predicted octanol–water partition coefficient (Wildman–Crippen LogP) is 14.4. The van der Waals surface area contributed by atoms with Gasteiger partial charge in [-0.05, 0) is 103 Å². The Labute approximate surface area is 309 Å². The van der Waals surface area contributed by atoms with Gasteiger partial charge < -0.3 is 9.84 Å². The number of hydrogen-bond donors (Lipinski definition) is 1. The first-order valence-corrected chi connectivity index (χ1v) is 20.6. The van der Waals surface area contributed by atoms with E-state index in [1.165, 1.54) is 51.4 Å². The normalized spacial score (nSPS) is 13.2. The van der Waals surface area contributed by atoms with Crippen LogP contribution in [0.3, 0.4) is 0 Å². The molecular weight excluding hydrogens is 617 g/mol. The Morgan fingerprint density at radius 1 is 0.460 bits per heavy atom. The van der Waals surface area contributed by atoms with E-state index in [2.05, 4.69) is 98.9 Å². The molecule has 0 aliphatic carbocycles.